The fraction of sp³-hybridized carbons (Fsp3) is 0.812. The van der Waals surface area contributed by atoms with Gasteiger partial charge in [0, 0.05) is 19.4 Å². The largest absolute Gasteiger partial charge is 0.392 e. The van der Waals surface area contributed by atoms with E-state index in [0.717, 1.165) is 0 Å². The van der Waals surface area contributed by atoms with Gasteiger partial charge in [-0.1, -0.05) is 6.08 Å². The first-order valence-electron chi connectivity index (χ1n) is 8.40. The first-order chi connectivity index (χ1) is 12.2. The summed E-state index contributed by atoms with van der Waals surface area (Å²) in [6.07, 6.45) is -7.49. The van der Waals surface area contributed by atoms with Gasteiger partial charge in [0.25, 0.3) is 0 Å². The molecule has 1 heterocycles. The molecule has 10 nitrogen and oxygen atoms in total. The molecule has 2 rings (SSSR count). The van der Waals surface area contributed by atoms with Crippen LogP contribution in [0.15, 0.2) is 11.6 Å². The van der Waals surface area contributed by atoms with Crippen molar-refractivity contribution in [2.24, 2.45) is 5.92 Å². The van der Waals surface area contributed by atoms with Gasteiger partial charge in [-0.15, -0.1) is 0 Å². The second kappa shape index (κ2) is 8.72. The van der Waals surface area contributed by atoms with Gasteiger partial charge in [0.2, 0.25) is 5.91 Å². The Labute approximate surface area is 150 Å². The topological polar surface area (TPSA) is 169 Å². The summed E-state index contributed by atoms with van der Waals surface area (Å²) < 4.78 is 10.4. The summed E-state index contributed by atoms with van der Waals surface area (Å²) in [6, 6.07) is -1.02. The van der Waals surface area contributed by atoms with Crippen molar-refractivity contribution in [2.45, 2.75) is 62.3 Å². The molecule has 0 aromatic heterocycles. The number of methoxy groups -OCH3 is 1. The Kier molecular flexibility index (Phi) is 7.11. The second-order valence-electron chi connectivity index (χ2n) is 6.71. The summed E-state index contributed by atoms with van der Waals surface area (Å²) in [6.45, 7) is 1.10. The Balaban J connectivity index is 2.03. The zero-order valence-corrected chi connectivity index (χ0v) is 14.6. The van der Waals surface area contributed by atoms with Gasteiger partial charge >= 0.3 is 0 Å². The van der Waals surface area contributed by atoms with E-state index in [9.17, 15) is 35.4 Å². The highest BCUT2D eigenvalue weighted by Gasteiger charge is 2.44. The number of aliphatic hydroxyl groups is 6. The molecule has 1 saturated heterocycles. The Bertz CT molecular complexity index is 528. The molecule has 0 spiro atoms. The van der Waals surface area contributed by atoms with E-state index >= 15 is 0 Å². The molecule has 26 heavy (non-hydrogen) atoms. The second-order valence-corrected chi connectivity index (χ2v) is 6.71. The number of hydrogen-bond acceptors (Lipinski definition) is 9. The maximum Gasteiger partial charge on any atom is 0.221 e. The van der Waals surface area contributed by atoms with E-state index in [1.807, 2.05) is 0 Å². The molecule has 4 unspecified atom stereocenters. The minimum absolute atomic E-state index is 0.0841. The summed E-state index contributed by atoms with van der Waals surface area (Å²) in [5.41, 5.74) is 0.0841. The number of carbonyl (C=O) groups excluding carboxylic acids is 1. The summed E-state index contributed by atoms with van der Waals surface area (Å²) >= 11 is 0. The van der Waals surface area contributed by atoms with E-state index in [0.29, 0.717) is 0 Å². The minimum Gasteiger partial charge on any atom is -0.392 e. The van der Waals surface area contributed by atoms with Gasteiger partial charge in [0.05, 0.1) is 24.9 Å². The first kappa shape index (κ1) is 21.2. The maximum absolute atomic E-state index is 12.3. The van der Waals surface area contributed by atoms with Crippen LogP contribution < -0.4 is 5.32 Å². The van der Waals surface area contributed by atoms with E-state index in [4.69, 9.17) is 9.47 Å². The van der Waals surface area contributed by atoms with E-state index in [2.05, 4.69) is 5.32 Å². The van der Waals surface area contributed by atoms with Crippen molar-refractivity contribution in [3.05, 3.63) is 11.6 Å². The molecule has 150 valence electrons. The molecule has 1 aliphatic heterocycles. The van der Waals surface area contributed by atoms with Crippen LogP contribution in [0.1, 0.15) is 13.3 Å². The van der Waals surface area contributed by atoms with E-state index in [1.165, 1.54) is 13.2 Å². The summed E-state index contributed by atoms with van der Waals surface area (Å²) in [7, 11) is 1.33. The van der Waals surface area contributed by atoms with Crippen LogP contribution >= 0.6 is 0 Å². The molecule has 1 fully saturated rings. The van der Waals surface area contributed by atoms with Gasteiger partial charge in [0.15, 0.2) is 6.29 Å². The highest BCUT2D eigenvalue weighted by Crippen LogP contribution is 2.29. The number of hydrogen-bond donors (Lipinski definition) is 7. The molecule has 7 N–H and O–H groups in total. The summed E-state index contributed by atoms with van der Waals surface area (Å²) in [5.74, 6) is -1.28. The predicted molar refractivity (Wildman–Crippen MR) is 86.6 cm³/mol. The molecule has 0 bridgehead atoms. The Morgan fingerprint density at radius 3 is 2.38 bits per heavy atom. The van der Waals surface area contributed by atoms with Crippen molar-refractivity contribution in [1.82, 2.24) is 5.32 Å². The van der Waals surface area contributed by atoms with Crippen LogP contribution in [0.5, 0.6) is 0 Å². The number of ether oxygens (including phenoxy) is 2. The van der Waals surface area contributed by atoms with Gasteiger partial charge in [-0.05, 0) is 12.5 Å². The zero-order valence-electron chi connectivity index (χ0n) is 14.6. The average Bonchev–Trinajstić information content (AvgIpc) is 2.62. The summed E-state index contributed by atoms with van der Waals surface area (Å²) in [5, 5.41) is 61.4. The lowest BCUT2D eigenvalue weighted by Crippen LogP contribution is -2.57. The summed E-state index contributed by atoms with van der Waals surface area (Å²) in [4.78, 5) is 12.3. The standard InChI is InChI=1S/C16H27NO9/c1-6-8(12(21)15(24)16(25-2)26-6)4-10(19)17-9-3-7(5-18)11(20)14(23)13(9)22/h3,6,8-9,11-16,18,20-24H,4-5H2,1-2H3,(H,17,19)/t6-,8?,9?,11-,12+,13+,14?,15?,16-/m1/s1. The maximum atomic E-state index is 12.3. The highest BCUT2D eigenvalue weighted by atomic mass is 16.7. The molecule has 0 radical (unpaired) electrons. The van der Waals surface area contributed by atoms with Crippen LogP contribution in [0.3, 0.4) is 0 Å². The lowest BCUT2D eigenvalue weighted by atomic mass is 9.85. The van der Waals surface area contributed by atoms with Crippen LogP contribution in [-0.2, 0) is 14.3 Å². The highest BCUT2D eigenvalue weighted by molar-refractivity contribution is 5.77. The smallest absolute Gasteiger partial charge is 0.221 e. The van der Waals surface area contributed by atoms with Crippen molar-refractivity contribution >= 4 is 5.91 Å². The first-order valence-corrected chi connectivity index (χ1v) is 8.40. The lowest BCUT2D eigenvalue weighted by molar-refractivity contribution is -0.274. The fourth-order valence-electron chi connectivity index (χ4n) is 3.35. The molecule has 9 atom stereocenters. The SMILES string of the molecule is CO[C@@H]1O[C@H](C)C(CC(=O)NC2C=C(CO)[C@@H](O)C(O)[C@H]2O)[C@H](O)C1O. The van der Waals surface area contributed by atoms with Crippen molar-refractivity contribution in [1.29, 1.82) is 0 Å². The number of rotatable bonds is 5. The molecular weight excluding hydrogens is 350 g/mol. The molecule has 1 aliphatic carbocycles. The van der Waals surface area contributed by atoms with E-state index in [1.54, 1.807) is 6.92 Å². The van der Waals surface area contributed by atoms with Gasteiger partial charge in [-0.2, -0.15) is 0 Å². The van der Waals surface area contributed by atoms with Crippen molar-refractivity contribution in [3.63, 3.8) is 0 Å². The van der Waals surface area contributed by atoms with E-state index < -0.39 is 67.4 Å². The quantitative estimate of drug-likeness (QED) is 0.241. The van der Waals surface area contributed by atoms with Crippen molar-refractivity contribution < 1.29 is 44.9 Å². The third-order valence-electron chi connectivity index (χ3n) is 5.00. The normalized spacial score (nSPS) is 43.7. The van der Waals surface area contributed by atoms with Crippen LogP contribution in [0.4, 0.5) is 0 Å². The fourth-order valence-corrected chi connectivity index (χ4v) is 3.35. The molecule has 0 saturated carbocycles. The Morgan fingerprint density at radius 1 is 1.15 bits per heavy atom. The minimum atomic E-state index is -1.56. The third kappa shape index (κ3) is 4.24. The zero-order chi connectivity index (χ0) is 19.6. The molecule has 2 aliphatic rings. The average molecular weight is 377 g/mol. The lowest BCUT2D eigenvalue weighted by Gasteiger charge is -2.41. The van der Waals surface area contributed by atoms with Crippen LogP contribution in [0.2, 0.25) is 0 Å². The van der Waals surface area contributed by atoms with Crippen molar-refractivity contribution in [3.8, 4) is 0 Å². The van der Waals surface area contributed by atoms with Gasteiger partial charge in [0.1, 0.15) is 24.4 Å². The Morgan fingerprint density at radius 2 is 1.81 bits per heavy atom. The van der Waals surface area contributed by atoms with Gasteiger partial charge in [-0.25, -0.2) is 0 Å². The molecule has 1 amide bonds. The van der Waals surface area contributed by atoms with Crippen molar-refractivity contribution in [2.75, 3.05) is 13.7 Å². The molecule has 0 aromatic rings. The van der Waals surface area contributed by atoms with Crippen LogP contribution in [0, 0.1) is 5.92 Å². The van der Waals surface area contributed by atoms with Gasteiger partial charge in [-0.3, -0.25) is 4.79 Å². The molecule has 10 heteroatoms. The van der Waals surface area contributed by atoms with Crippen LogP contribution in [0.25, 0.3) is 0 Å². The monoisotopic (exact) mass is 377 g/mol. The predicted octanol–water partition coefficient (Wildman–Crippen LogP) is -3.39. The number of nitrogens with one attached hydrogen (secondary N) is 1. The van der Waals surface area contributed by atoms with Gasteiger partial charge < -0.3 is 45.4 Å². The number of amides is 1. The third-order valence-corrected chi connectivity index (χ3v) is 5.00. The molecular formula is C16H27NO9. The number of aliphatic hydroxyl groups excluding tert-OH is 6. The molecule has 0 aromatic carbocycles. The van der Waals surface area contributed by atoms with E-state index in [-0.39, 0.29) is 12.0 Å². The number of carbonyl (C=O) groups is 1. The van der Waals surface area contributed by atoms with Crippen LogP contribution in [-0.4, -0.2) is 99.2 Å². The Hall–Kier alpha value is -1.11.